The Hall–Kier alpha value is -2.84. The molecule has 1 aromatic carbocycles. The molecule has 0 saturated carbocycles. The molecule has 0 amide bonds. The highest BCUT2D eigenvalue weighted by molar-refractivity contribution is 6.34. The molecule has 0 bridgehead atoms. The van der Waals surface area contributed by atoms with Gasteiger partial charge in [0.2, 0.25) is 5.78 Å². The van der Waals surface area contributed by atoms with Crippen molar-refractivity contribution >= 4 is 23.1 Å². The molecular weight excluding hydrogens is 272 g/mol. The minimum absolute atomic E-state index is 0.00366. The van der Waals surface area contributed by atoms with Gasteiger partial charge in [0.15, 0.2) is 0 Å². The lowest BCUT2D eigenvalue weighted by Crippen LogP contribution is -2.19. The third kappa shape index (κ3) is 3.83. The third-order valence-electron chi connectivity index (χ3n) is 2.25. The lowest BCUT2D eigenvalue weighted by Gasteiger charge is -2.02. The second kappa shape index (κ2) is 6.36. The zero-order valence-electron chi connectivity index (χ0n) is 10.4. The van der Waals surface area contributed by atoms with Gasteiger partial charge in [-0.05, 0) is 12.5 Å². The number of Topliss-reactive ketones (excluding diaryl/α,β-unsaturated/α-hetero) is 1. The molecule has 1 aromatic rings. The fourth-order valence-electron chi connectivity index (χ4n) is 1.44. The van der Waals surface area contributed by atoms with Crippen molar-refractivity contribution < 1.29 is 24.2 Å². The van der Waals surface area contributed by atoms with Crippen LogP contribution in [0.25, 0.3) is 0 Å². The van der Waals surface area contributed by atoms with Gasteiger partial charge in [0.25, 0.3) is 11.4 Å². The average Bonchev–Trinajstić information content (AvgIpc) is 2.38. The van der Waals surface area contributed by atoms with Crippen molar-refractivity contribution in [3.8, 4) is 0 Å². The Labute approximate surface area is 112 Å². The van der Waals surface area contributed by atoms with Crippen molar-refractivity contribution in [3.63, 3.8) is 0 Å². The lowest BCUT2D eigenvalue weighted by atomic mass is 10.1. The zero-order chi connectivity index (χ0) is 15.3. The first-order chi connectivity index (χ1) is 9.35. The molecule has 0 fully saturated rings. The van der Waals surface area contributed by atoms with Gasteiger partial charge in [-0.25, -0.2) is 4.79 Å². The van der Waals surface area contributed by atoms with Gasteiger partial charge < -0.3 is 4.74 Å². The fourth-order valence-corrected chi connectivity index (χ4v) is 1.44. The molecule has 0 N–H and O–H groups in total. The maximum absolute atomic E-state index is 11.5. The predicted octanol–water partition coefficient (Wildman–Crippen LogP) is 1.18. The van der Waals surface area contributed by atoms with E-state index in [-0.39, 0.29) is 12.2 Å². The molecule has 9 heteroatoms. The molecule has 0 aliphatic heterocycles. The van der Waals surface area contributed by atoms with Crippen LogP contribution in [0.2, 0.25) is 0 Å². The quantitative estimate of drug-likeness (QED) is 0.331. The molecule has 1 rings (SSSR count). The number of carbonyl (C=O) groups excluding carboxylic acids is 2. The summed E-state index contributed by atoms with van der Waals surface area (Å²) in [5, 5.41) is 21.3. The SMILES string of the molecule is CCOC(=O)C(=O)Cc1cc([N+](=O)[O-])cc([N+](=O)[O-])c1. The van der Waals surface area contributed by atoms with E-state index in [9.17, 15) is 29.8 Å². The number of hydrogen-bond acceptors (Lipinski definition) is 7. The summed E-state index contributed by atoms with van der Waals surface area (Å²) in [5.41, 5.74) is -1.04. The Bertz CT molecular complexity index is 550. The van der Waals surface area contributed by atoms with E-state index in [4.69, 9.17) is 0 Å². The van der Waals surface area contributed by atoms with Gasteiger partial charge in [-0.15, -0.1) is 0 Å². The number of ketones is 1. The Kier molecular flexibility index (Phi) is 4.84. The number of nitro benzene ring substituents is 2. The molecule has 0 heterocycles. The molecule has 0 aliphatic rings. The summed E-state index contributed by atoms with van der Waals surface area (Å²) in [7, 11) is 0. The van der Waals surface area contributed by atoms with E-state index < -0.39 is 39.4 Å². The van der Waals surface area contributed by atoms with Gasteiger partial charge in [-0.2, -0.15) is 0 Å². The highest BCUT2D eigenvalue weighted by Crippen LogP contribution is 2.23. The zero-order valence-corrected chi connectivity index (χ0v) is 10.4. The third-order valence-corrected chi connectivity index (χ3v) is 2.25. The van der Waals surface area contributed by atoms with E-state index in [0.717, 1.165) is 18.2 Å². The number of rotatable bonds is 6. The predicted molar refractivity (Wildman–Crippen MR) is 65.1 cm³/mol. The van der Waals surface area contributed by atoms with E-state index in [1.54, 1.807) is 0 Å². The Balaban J connectivity index is 3.05. The molecule has 0 aromatic heterocycles. The van der Waals surface area contributed by atoms with Crippen molar-refractivity contribution in [1.29, 1.82) is 0 Å². The van der Waals surface area contributed by atoms with Crippen LogP contribution in [0.3, 0.4) is 0 Å². The smallest absolute Gasteiger partial charge is 0.374 e. The van der Waals surface area contributed by atoms with Crippen molar-refractivity contribution in [1.82, 2.24) is 0 Å². The number of nitrogens with zero attached hydrogens (tertiary/aromatic N) is 2. The molecule has 20 heavy (non-hydrogen) atoms. The van der Waals surface area contributed by atoms with Crippen LogP contribution >= 0.6 is 0 Å². The number of hydrogen-bond donors (Lipinski definition) is 0. The minimum Gasteiger partial charge on any atom is -0.460 e. The summed E-state index contributed by atoms with van der Waals surface area (Å²) >= 11 is 0. The van der Waals surface area contributed by atoms with Gasteiger partial charge in [-0.3, -0.25) is 25.0 Å². The summed E-state index contributed by atoms with van der Waals surface area (Å²) in [6.45, 7) is 1.53. The number of ether oxygens (including phenoxy) is 1. The highest BCUT2D eigenvalue weighted by atomic mass is 16.6. The van der Waals surface area contributed by atoms with E-state index in [1.165, 1.54) is 6.92 Å². The highest BCUT2D eigenvalue weighted by Gasteiger charge is 2.21. The van der Waals surface area contributed by atoms with Gasteiger partial charge in [0, 0.05) is 18.6 Å². The molecule has 0 saturated heterocycles. The van der Waals surface area contributed by atoms with Crippen LogP contribution in [-0.4, -0.2) is 28.2 Å². The number of esters is 1. The van der Waals surface area contributed by atoms with Crippen molar-refractivity contribution in [2.75, 3.05) is 6.61 Å². The van der Waals surface area contributed by atoms with Crippen LogP contribution in [0.4, 0.5) is 11.4 Å². The fraction of sp³-hybridized carbons (Fsp3) is 0.273. The summed E-state index contributed by atoms with van der Waals surface area (Å²) in [6, 6.07) is 2.78. The van der Waals surface area contributed by atoms with E-state index >= 15 is 0 Å². The van der Waals surface area contributed by atoms with Crippen LogP contribution in [-0.2, 0) is 20.7 Å². The first kappa shape index (κ1) is 15.2. The summed E-state index contributed by atoms with van der Waals surface area (Å²) in [6.07, 6.45) is -0.499. The maximum atomic E-state index is 11.5. The van der Waals surface area contributed by atoms with E-state index in [2.05, 4.69) is 4.74 Å². The molecule has 106 valence electrons. The maximum Gasteiger partial charge on any atom is 0.374 e. The van der Waals surface area contributed by atoms with Crippen LogP contribution in [0, 0.1) is 20.2 Å². The first-order valence-corrected chi connectivity index (χ1v) is 5.47. The molecule has 9 nitrogen and oxygen atoms in total. The normalized spacial score (nSPS) is 9.85. The van der Waals surface area contributed by atoms with Crippen molar-refractivity contribution in [3.05, 3.63) is 44.0 Å². The Morgan fingerprint density at radius 2 is 1.60 bits per heavy atom. The lowest BCUT2D eigenvalue weighted by molar-refractivity contribution is -0.394. The molecule has 0 unspecified atom stereocenters. The molecule has 0 radical (unpaired) electrons. The van der Waals surface area contributed by atoms with Crippen LogP contribution in [0.15, 0.2) is 18.2 Å². The topological polar surface area (TPSA) is 130 Å². The number of non-ortho nitro benzene ring substituents is 2. The van der Waals surface area contributed by atoms with Crippen LogP contribution in [0.5, 0.6) is 0 Å². The first-order valence-electron chi connectivity index (χ1n) is 5.47. The second-order valence-corrected chi connectivity index (χ2v) is 3.69. The second-order valence-electron chi connectivity index (χ2n) is 3.69. The van der Waals surface area contributed by atoms with E-state index in [1.807, 2.05) is 0 Å². The number of nitro groups is 2. The Morgan fingerprint density at radius 3 is 2.00 bits per heavy atom. The molecule has 0 atom stereocenters. The molecule has 0 aliphatic carbocycles. The molecule has 0 spiro atoms. The van der Waals surface area contributed by atoms with Crippen molar-refractivity contribution in [2.24, 2.45) is 0 Å². The summed E-state index contributed by atoms with van der Waals surface area (Å²) < 4.78 is 4.48. The van der Waals surface area contributed by atoms with Crippen LogP contribution in [0.1, 0.15) is 12.5 Å². The monoisotopic (exact) mass is 282 g/mol. The average molecular weight is 282 g/mol. The van der Waals surface area contributed by atoms with E-state index in [0.29, 0.717) is 0 Å². The van der Waals surface area contributed by atoms with Gasteiger partial charge in [0.05, 0.1) is 22.5 Å². The van der Waals surface area contributed by atoms with Crippen molar-refractivity contribution in [2.45, 2.75) is 13.3 Å². The molecular formula is C11H10N2O7. The van der Waals surface area contributed by atoms with Gasteiger partial charge in [0.1, 0.15) is 0 Å². The standard InChI is InChI=1S/C11H10N2O7/c1-2-20-11(15)10(14)5-7-3-8(12(16)17)6-9(4-7)13(18)19/h3-4,6H,2,5H2,1H3. The minimum atomic E-state index is -1.08. The summed E-state index contributed by atoms with van der Waals surface area (Å²) in [4.78, 5) is 42.3. The van der Waals surface area contributed by atoms with Crippen LogP contribution < -0.4 is 0 Å². The summed E-state index contributed by atoms with van der Waals surface area (Å²) in [5.74, 6) is -2.01. The van der Waals surface area contributed by atoms with Gasteiger partial charge >= 0.3 is 5.97 Å². The number of carbonyl (C=O) groups is 2. The number of benzene rings is 1. The van der Waals surface area contributed by atoms with Gasteiger partial charge in [-0.1, -0.05) is 0 Å². The Morgan fingerprint density at radius 1 is 1.10 bits per heavy atom. The largest absolute Gasteiger partial charge is 0.460 e.